The molecule has 0 amide bonds. The van der Waals surface area contributed by atoms with E-state index in [9.17, 15) is 15.3 Å². The van der Waals surface area contributed by atoms with E-state index in [1.165, 1.54) is 16.7 Å². The molecule has 2 aromatic heterocycles. The third-order valence-corrected chi connectivity index (χ3v) is 7.29. The zero-order chi connectivity index (χ0) is 24.1. The predicted molar refractivity (Wildman–Crippen MR) is 138 cm³/mol. The molecule has 0 N–H and O–H groups in total. The van der Waals surface area contributed by atoms with Crippen LogP contribution in [0.3, 0.4) is 0 Å². The first-order valence-electron chi connectivity index (χ1n) is 10.9. The zero-order valence-electron chi connectivity index (χ0n) is 18.6. The molecular formula is C29H16N4OS. The summed E-state index contributed by atoms with van der Waals surface area (Å²) < 4.78 is 2.05. The molecule has 0 spiro atoms. The predicted octanol–water partition coefficient (Wildman–Crippen LogP) is 6.54. The molecular weight excluding hydrogens is 452 g/mol. The number of Topliss-reactive ketones (excluding diaryl/α,β-unsaturated/α-hetero) is 1. The van der Waals surface area contributed by atoms with Gasteiger partial charge < -0.3 is 4.57 Å². The van der Waals surface area contributed by atoms with Crippen molar-refractivity contribution in [2.75, 3.05) is 0 Å². The first-order valence-corrected chi connectivity index (χ1v) is 11.8. The molecule has 0 atom stereocenters. The number of thiophene rings is 1. The van der Waals surface area contributed by atoms with Crippen molar-refractivity contribution in [1.29, 1.82) is 10.5 Å². The Morgan fingerprint density at radius 1 is 0.943 bits per heavy atom. The van der Waals surface area contributed by atoms with Gasteiger partial charge in [0, 0.05) is 34.2 Å². The van der Waals surface area contributed by atoms with Gasteiger partial charge in [0.25, 0.3) is 0 Å². The monoisotopic (exact) mass is 468 g/mol. The van der Waals surface area contributed by atoms with Gasteiger partial charge in [0.1, 0.15) is 28.4 Å². The summed E-state index contributed by atoms with van der Waals surface area (Å²) in [4.78, 5) is 19.8. The van der Waals surface area contributed by atoms with E-state index in [1.54, 1.807) is 30.3 Å². The van der Waals surface area contributed by atoms with Gasteiger partial charge in [-0.2, -0.15) is 10.5 Å². The molecule has 6 heteroatoms. The molecule has 164 valence electrons. The van der Waals surface area contributed by atoms with Gasteiger partial charge in [-0.25, -0.2) is 4.98 Å². The molecule has 0 saturated carbocycles. The molecule has 0 fully saturated rings. The lowest BCUT2D eigenvalue weighted by atomic mass is 9.99. The molecule has 0 saturated heterocycles. The number of carbonyl (C=O) groups is 1. The minimum Gasteiger partial charge on any atom is -0.326 e. The van der Waals surface area contributed by atoms with Crippen LogP contribution in [0.15, 0.2) is 83.9 Å². The molecule has 5 nitrogen and oxygen atoms in total. The fraction of sp³-hybridized carbons (Fsp3) is 0.0345. The highest BCUT2D eigenvalue weighted by molar-refractivity contribution is 7.19. The molecule has 6 rings (SSSR count). The van der Waals surface area contributed by atoms with E-state index in [4.69, 9.17) is 4.98 Å². The summed E-state index contributed by atoms with van der Waals surface area (Å²) in [5.41, 5.74) is 3.83. The summed E-state index contributed by atoms with van der Waals surface area (Å²) in [6.45, 7) is 0. The van der Waals surface area contributed by atoms with Crippen molar-refractivity contribution in [3.05, 3.63) is 99.9 Å². The largest absolute Gasteiger partial charge is 0.326 e. The van der Waals surface area contributed by atoms with Crippen LogP contribution in [0.5, 0.6) is 0 Å². The van der Waals surface area contributed by atoms with Crippen molar-refractivity contribution in [1.82, 2.24) is 9.55 Å². The zero-order valence-corrected chi connectivity index (χ0v) is 19.4. The number of carbonyl (C=O) groups excluding carboxylic acids is 1. The van der Waals surface area contributed by atoms with Crippen LogP contribution in [0.2, 0.25) is 0 Å². The molecule has 1 aliphatic carbocycles. The van der Waals surface area contributed by atoms with Crippen molar-refractivity contribution < 1.29 is 4.79 Å². The highest BCUT2D eigenvalue weighted by Crippen LogP contribution is 2.41. The van der Waals surface area contributed by atoms with E-state index in [0.717, 1.165) is 32.0 Å². The quantitative estimate of drug-likeness (QED) is 0.218. The molecule has 5 aromatic rings. The molecule has 2 heterocycles. The molecule has 3 aromatic carbocycles. The fourth-order valence-corrected chi connectivity index (χ4v) is 5.65. The molecule has 0 aliphatic heterocycles. The van der Waals surface area contributed by atoms with Gasteiger partial charge in [-0.05, 0) is 34.5 Å². The molecule has 0 radical (unpaired) electrons. The van der Waals surface area contributed by atoms with Crippen molar-refractivity contribution in [2.45, 2.75) is 0 Å². The fourth-order valence-electron chi connectivity index (χ4n) is 4.64. The average molecular weight is 469 g/mol. The van der Waals surface area contributed by atoms with Crippen molar-refractivity contribution in [3.63, 3.8) is 0 Å². The Morgan fingerprint density at radius 3 is 2.40 bits per heavy atom. The van der Waals surface area contributed by atoms with E-state index >= 15 is 0 Å². The van der Waals surface area contributed by atoms with Crippen LogP contribution in [0, 0.1) is 22.7 Å². The summed E-state index contributed by atoms with van der Waals surface area (Å²) in [5, 5.41) is 21.4. The summed E-state index contributed by atoms with van der Waals surface area (Å²) in [5.74, 6) is 0.693. The van der Waals surface area contributed by atoms with Crippen LogP contribution in [0.4, 0.5) is 0 Å². The van der Waals surface area contributed by atoms with Crippen LogP contribution < -0.4 is 0 Å². The lowest BCUT2D eigenvalue weighted by Crippen LogP contribution is -1.95. The van der Waals surface area contributed by atoms with Gasteiger partial charge >= 0.3 is 0 Å². The molecule has 35 heavy (non-hydrogen) atoms. The smallest absolute Gasteiger partial charge is 0.194 e. The number of hydrogen-bond acceptors (Lipinski definition) is 5. The highest BCUT2D eigenvalue weighted by atomic mass is 32.1. The number of nitriles is 2. The second-order valence-electron chi connectivity index (χ2n) is 8.30. The standard InChI is InChI=1S/C29H16N4OS/c1-33-25-14-21(13-24-26(20(15-30)16-31)22-8-4-5-9-23(22)27(24)34)35-29(25)32-28(33)19-11-10-17-6-2-3-7-18(17)12-19/h2-14H,1H3/b24-13-. The first kappa shape index (κ1) is 20.8. The number of aromatic nitrogens is 2. The Labute approximate surface area is 205 Å². The van der Waals surface area contributed by atoms with Gasteiger partial charge in [-0.15, -0.1) is 11.3 Å². The highest BCUT2D eigenvalue weighted by Gasteiger charge is 2.32. The second kappa shape index (κ2) is 7.92. The molecule has 1 aliphatic rings. The Morgan fingerprint density at radius 2 is 1.66 bits per heavy atom. The molecule has 0 bridgehead atoms. The van der Waals surface area contributed by atoms with Crippen LogP contribution in [0.1, 0.15) is 20.8 Å². The summed E-state index contributed by atoms with van der Waals surface area (Å²) in [6.07, 6.45) is 1.77. The van der Waals surface area contributed by atoms with E-state index in [1.807, 2.05) is 37.4 Å². The number of rotatable bonds is 2. The lowest BCUT2D eigenvalue weighted by molar-refractivity contribution is 0.104. The van der Waals surface area contributed by atoms with Gasteiger partial charge in [-0.1, -0.05) is 60.7 Å². The Balaban J connectivity index is 1.46. The topological polar surface area (TPSA) is 82.5 Å². The van der Waals surface area contributed by atoms with Crippen LogP contribution in [-0.4, -0.2) is 15.3 Å². The van der Waals surface area contributed by atoms with Gasteiger partial charge in [0.15, 0.2) is 5.78 Å². The Hall–Kier alpha value is -4.78. The minimum absolute atomic E-state index is 0.0626. The average Bonchev–Trinajstić information content (AvgIpc) is 3.51. The van der Waals surface area contributed by atoms with Crippen molar-refractivity contribution in [3.8, 4) is 23.5 Å². The number of imidazole rings is 1. The van der Waals surface area contributed by atoms with Crippen LogP contribution in [-0.2, 0) is 7.05 Å². The van der Waals surface area contributed by atoms with E-state index < -0.39 is 0 Å². The van der Waals surface area contributed by atoms with Gasteiger partial charge in [0.2, 0.25) is 0 Å². The van der Waals surface area contributed by atoms with Crippen molar-refractivity contribution in [2.24, 2.45) is 7.05 Å². The van der Waals surface area contributed by atoms with Crippen LogP contribution in [0.25, 0.3) is 44.2 Å². The number of fused-ring (bicyclic) bond motifs is 3. The van der Waals surface area contributed by atoms with Crippen LogP contribution >= 0.6 is 11.3 Å². The Bertz CT molecular complexity index is 1840. The minimum atomic E-state index is -0.180. The summed E-state index contributed by atoms with van der Waals surface area (Å²) in [7, 11) is 1.98. The molecule has 0 unspecified atom stereocenters. The van der Waals surface area contributed by atoms with E-state index in [-0.39, 0.29) is 11.4 Å². The van der Waals surface area contributed by atoms with Crippen molar-refractivity contribution >= 4 is 49.9 Å². The summed E-state index contributed by atoms with van der Waals surface area (Å²) in [6, 6.07) is 27.5. The van der Waals surface area contributed by atoms with E-state index in [2.05, 4.69) is 34.9 Å². The van der Waals surface area contributed by atoms with Gasteiger partial charge in [-0.3, -0.25) is 4.79 Å². The third kappa shape index (κ3) is 3.20. The number of benzene rings is 3. The number of aryl methyl sites for hydroxylation is 1. The maximum absolute atomic E-state index is 13.2. The Kier molecular flexibility index (Phi) is 4.70. The second-order valence-corrected chi connectivity index (χ2v) is 9.36. The summed E-state index contributed by atoms with van der Waals surface area (Å²) >= 11 is 1.48. The number of hydrogen-bond donors (Lipinski definition) is 0. The number of allylic oxidation sites excluding steroid dienone is 3. The third-order valence-electron chi connectivity index (χ3n) is 6.32. The number of nitrogens with zero attached hydrogens (tertiary/aromatic N) is 4. The van der Waals surface area contributed by atoms with Gasteiger partial charge in [0.05, 0.1) is 5.52 Å². The SMILES string of the molecule is Cn1c(-c2ccc3ccccc3c2)nc2sc(/C=C3\C(=O)c4ccccc4C3=C(C#N)C#N)cc21. The maximum Gasteiger partial charge on any atom is 0.194 e. The maximum atomic E-state index is 13.2. The lowest BCUT2D eigenvalue weighted by Gasteiger charge is -2.04. The first-order chi connectivity index (χ1) is 17.1. The number of ketones is 1. The van der Waals surface area contributed by atoms with E-state index in [0.29, 0.717) is 22.3 Å². The normalized spacial score (nSPS) is 13.9.